The van der Waals surface area contributed by atoms with Crippen LogP contribution >= 0.6 is 0 Å². The van der Waals surface area contributed by atoms with Crippen LogP contribution in [0, 0.1) is 0 Å². The Bertz CT molecular complexity index is 435. The van der Waals surface area contributed by atoms with Gasteiger partial charge in [0.2, 0.25) is 0 Å². The normalized spacial score (nSPS) is 21.5. The summed E-state index contributed by atoms with van der Waals surface area (Å²) in [5, 5.41) is 9.56. The quantitative estimate of drug-likeness (QED) is 0.900. The molecule has 1 aromatic carbocycles. The van der Waals surface area contributed by atoms with Crippen molar-refractivity contribution in [2.75, 3.05) is 11.4 Å². The first-order valence-electron chi connectivity index (χ1n) is 7.80. The van der Waals surface area contributed by atoms with E-state index in [0.29, 0.717) is 0 Å². The van der Waals surface area contributed by atoms with Gasteiger partial charge in [0.15, 0.2) is 0 Å². The van der Waals surface area contributed by atoms with Crippen LogP contribution in [0.25, 0.3) is 0 Å². The molecule has 0 aromatic heterocycles. The third kappa shape index (κ3) is 2.79. The predicted octanol–water partition coefficient (Wildman–Crippen LogP) is 3.31. The average molecular weight is 259 g/mol. The number of benzene rings is 1. The Balaban J connectivity index is 1.81. The number of hydrogen-bond donors (Lipinski definition) is 1. The van der Waals surface area contributed by atoms with Crippen LogP contribution in [-0.4, -0.2) is 23.8 Å². The largest absolute Gasteiger partial charge is 0.393 e. The first-order valence-corrected chi connectivity index (χ1v) is 7.80. The van der Waals surface area contributed by atoms with E-state index in [9.17, 15) is 5.11 Å². The molecule has 0 amide bonds. The Kier molecular flexibility index (Phi) is 3.79. The van der Waals surface area contributed by atoms with Crippen molar-refractivity contribution in [3.05, 3.63) is 29.3 Å². The van der Waals surface area contributed by atoms with Gasteiger partial charge in [0, 0.05) is 18.3 Å². The molecule has 1 atom stereocenters. The van der Waals surface area contributed by atoms with E-state index in [-0.39, 0.29) is 6.10 Å². The van der Waals surface area contributed by atoms with E-state index < -0.39 is 0 Å². The standard InChI is InChI=1S/C17H25NO/c1-13(19)11-14-7-8-15-9-10-18(17(15)12-14)16-5-3-2-4-6-16/h7-8,12-13,16,19H,2-6,9-11H2,1H3. The third-order valence-electron chi connectivity index (χ3n) is 4.63. The first-order chi connectivity index (χ1) is 9.24. The molecule has 19 heavy (non-hydrogen) atoms. The Morgan fingerprint density at radius 1 is 1.26 bits per heavy atom. The minimum Gasteiger partial charge on any atom is -0.393 e. The smallest absolute Gasteiger partial charge is 0.0552 e. The first kappa shape index (κ1) is 13.0. The predicted molar refractivity (Wildman–Crippen MR) is 79.7 cm³/mol. The maximum atomic E-state index is 9.56. The number of hydrogen-bond acceptors (Lipinski definition) is 2. The van der Waals surface area contributed by atoms with Gasteiger partial charge in [0.05, 0.1) is 6.10 Å². The molecule has 1 fully saturated rings. The van der Waals surface area contributed by atoms with Crippen LogP contribution in [0.3, 0.4) is 0 Å². The molecule has 1 aliphatic carbocycles. The fourth-order valence-electron chi connectivity index (χ4n) is 3.69. The Morgan fingerprint density at radius 2 is 2.05 bits per heavy atom. The van der Waals surface area contributed by atoms with E-state index in [2.05, 4.69) is 23.1 Å². The highest BCUT2D eigenvalue weighted by molar-refractivity contribution is 5.60. The molecule has 2 heteroatoms. The molecular weight excluding hydrogens is 234 g/mol. The zero-order valence-electron chi connectivity index (χ0n) is 11.9. The highest BCUT2D eigenvalue weighted by Crippen LogP contribution is 2.35. The Labute approximate surface area is 116 Å². The van der Waals surface area contributed by atoms with Crippen LogP contribution in [0.2, 0.25) is 0 Å². The SMILES string of the molecule is CC(O)Cc1ccc2c(c1)N(C1CCCCC1)CC2. The van der Waals surface area contributed by atoms with Gasteiger partial charge in [-0.1, -0.05) is 31.4 Å². The fourth-order valence-corrected chi connectivity index (χ4v) is 3.69. The summed E-state index contributed by atoms with van der Waals surface area (Å²) in [6, 6.07) is 7.55. The van der Waals surface area contributed by atoms with Crippen LogP contribution in [0.4, 0.5) is 5.69 Å². The molecular formula is C17H25NO. The summed E-state index contributed by atoms with van der Waals surface area (Å²) in [6.07, 6.45) is 8.64. The minimum atomic E-state index is -0.248. The molecule has 0 radical (unpaired) electrons. The topological polar surface area (TPSA) is 23.5 Å². The van der Waals surface area contributed by atoms with E-state index in [0.717, 1.165) is 12.5 Å². The van der Waals surface area contributed by atoms with Gasteiger partial charge in [-0.05, 0) is 49.8 Å². The molecule has 3 rings (SSSR count). The molecule has 1 aromatic rings. The number of fused-ring (bicyclic) bond motifs is 1. The second kappa shape index (κ2) is 5.54. The molecule has 0 spiro atoms. The van der Waals surface area contributed by atoms with Gasteiger partial charge in [0.25, 0.3) is 0 Å². The molecule has 2 aliphatic rings. The summed E-state index contributed by atoms with van der Waals surface area (Å²) < 4.78 is 0. The van der Waals surface area contributed by atoms with Gasteiger partial charge >= 0.3 is 0 Å². The second-order valence-electron chi connectivity index (χ2n) is 6.25. The van der Waals surface area contributed by atoms with E-state index in [1.165, 1.54) is 61.9 Å². The van der Waals surface area contributed by atoms with Crippen molar-refractivity contribution in [3.63, 3.8) is 0 Å². The summed E-state index contributed by atoms with van der Waals surface area (Å²) >= 11 is 0. The highest BCUT2D eigenvalue weighted by atomic mass is 16.3. The van der Waals surface area contributed by atoms with Gasteiger partial charge in [-0.15, -0.1) is 0 Å². The van der Waals surface area contributed by atoms with Crippen molar-refractivity contribution in [2.45, 2.75) is 64.0 Å². The van der Waals surface area contributed by atoms with Crippen molar-refractivity contribution in [1.82, 2.24) is 0 Å². The number of aliphatic hydroxyl groups excluding tert-OH is 1. The summed E-state index contributed by atoms with van der Waals surface area (Å²) in [4.78, 5) is 2.64. The molecule has 1 heterocycles. The average Bonchev–Trinajstić information content (AvgIpc) is 2.82. The lowest BCUT2D eigenvalue weighted by Crippen LogP contribution is -2.35. The molecule has 1 aliphatic heterocycles. The lowest BCUT2D eigenvalue weighted by atomic mass is 9.94. The van der Waals surface area contributed by atoms with E-state index in [4.69, 9.17) is 0 Å². The third-order valence-corrected chi connectivity index (χ3v) is 4.63. The molecule has 104 valence electrons. The van der Waals surface area contributed by atoms with Crippen molar-refractivity contribution < 1.29 is 5.11 Å². The number of aliphatic hydroxyl groups is 1. The zero-order valence-corrected chi connectivity index (χ0v) is 11.9. The number of anilines is 1. The maximum absolute atomic E-state index is 9.56. The van der Waals surface area contributed by atoms with Crippen molar-refractivity contribution in [2.24, 2.45) is 0 Å². The van der Waals surface area contributed by atoms with Gasteiger partial charge in [-0.3, -0.25) is 0 Å². The number of rotatable bonds is 3. The summed E-state index contributed by atoms with van der Waals surface area (Å²) in [7, 11) is 0. The van der Waals surface area contributed by atoms with Crippen LogP contribution in [0.5, 0.6) is 0 Å². The molecule has 0 bridgehead atoms. The second-order valence-corrected chi connectivity index (χ2v) is 6.25. The highest BCUT2D eigenvalue weighted by Gasteiger charge is 2.27. The van der Waals surface area contributed by atoms with Gasteiger partial charge in [-0.25, -0.2) is 0 Å². The maximum Gasteiger partial charge on any atom is 0.0552 e. The van der Waals surface area contributed by atoms with Crippen LogP contribution in [0.1, 0.15) is 50.2 Å². The van der Waals surface area contributed by atoms with Crippen LogP contribution in [0.15, 0.2) is 18.2 Å². The lowest BCUT2D eigenvalue weighted by Gasteiger charge is -2.33. The van der Waals surface area contributed by atoms with Crippen molar-refractivity contribution in [1.29, 1.82) is 0 Å². The minimum absolute atomic E-state index is 0.248. The zero-order chi connectivity index (χ0) is 13.2. The van der Waals surface area contributed by atoms with Crippen molar-refractivity contribution in [3.8, 4) is 0 Å². The molecule has 2 nitrogen and oxygen atoms in total. The van der Waals surface area contributed by atoms with Gasteiger partial charge in [0.1, 0.15) is 0 Å². The van der Waals surface area contributed by atoms with Crippen molar-refractivity contribution >= 4 is 5.69 Å². The molecule has 1 unspecified atom stereocenters. The summed E-state index contributed by atoms with van der Waals surface area (Å²) in [6.45, 7) is 3.06. The monoisotopic (exact) mass is 259 g/mol. The van der Waals surface area contributed by atoms with Gasteiger partial charge in [-0.2, -0.15) is 0 Å². The lowest BCUT2D eigenvalue weighted by molar-refractivity contribution is 0.195. The van der Waals surface area contributed by atoms with E-state index >= 15 is 0 Å². The summed E-state index contributed by atoms with van der Waals surface area (Å²) in [5.41, 5.74) is 4.22. The summed E-state index contributed by atoms with van der Waals surface area (Å²) in [5.74, 6) is 0. The number of nitrogens with zero attached hydrogens (tertiary/aromatic N) is 1. The van der Waals surface area contributed by atoms with Crippen LogP contribution < -0.4 is 4.90 Å². The van der Waals surface area contributed by atoms with Gasteiger partial charge < -0.3 is 10.0 Å². The Hall–Kier alpha value is -1.02. The molecule has 0 saturated heterocycles. The van der Waals surface area contributed by atoms with E-state index in [1.807, 2.05) is 6.92 Å². The Morgan fingerprint density at radius 3 is 2.79 bits per heavy atom. The molecule has 1 N–H and O–H groups in total. The van der Waals surface area contributed by atoms with Crippen LogP contribution in [-0.2, 0) is 12.8 Å². The fraction of sp³-hybridized carbons (Fsp3) is 0.647. The molecule has 1 saturated carbocycles. The van der Waals surface area contributed by atoms with E-state index in [1.54, 1.807) is 0 Å².